The van der Waals surface area contributed by atoms with Crippen LogP contribution in [0, 0.1) is 0 Å². The SMILES string of the molecule is CCC(CC)N1C(=O)C(C)(C)c2cnc(Nc3ccc(N4CCN(C(O)OC(C)(C)C)CC4)cc3)nc21. The molecule has 202 valence electrons. The number of nitrogens with one attached hydrogen (secondary N) is 1. The highest BCUT2D eigenvalue weighted by Gasteiger charge is 2.47. The highest BCUT2D eigenvalue weighted by atomic mass is 16.6. The molecule has 4 rings (SSSR count). The molecule has 1 atom stereocenters. The number of ether oxygens (including phenoxy) is 1. The van der Waals surface area contributed by atoms with E-state index in [-0.39, 0.29) is 17.6 Å². The van der Waals surface area contributed by atoms with Gasteiger partial charge in [-0.05, 0) is 71.7 Å². The molecule has 2 aromatic rings. The highest BCUT2D eigenvalue weighted by molar-refractivity contribution is 6.07. The van der Waals surface area contributed by atoms with Gasteiger partial charge in [-0.3, -0.25) is 14.6 Å². The third kappa shape index (κ3) is 5.73. The third-order valence-corrected chi connectivity index (χ3v) is 7.31. The number of carbonyl (C=O) groups is 1. The van der Waals surface area contributed by atoms with Gasteiger partial charge in [0.15, 0.2) is 0 Å². The predicted molar refractivity (Wildman–Crippen MR) is 147 cm³/mol. The van der Waals surface area contributed by atoms with Crippen molar-refractivity contribution >= 4 is 29.0 Å². The van der Waals surface area contributed by atoms with Gasteiger partial charge in [-0.25, -0.2) is 4.98 Å². The number of rotatable bonds is 8. The monoisotopic (exact) mass is 510 g/mol. The molecule has 0 aliphatic carbocycles. The zero-order chi connectivity index (χ0) is 27.0. The van der Waals surface area contributed by atoms with Crippen molar-refractivity contribution in [2.75, 3.05) is 41.3 Å². The third-order valence-electron chi connectivity index (χ3n) is 7.31. The lowest BCUT2D eigenvalue weighted by Crippen LogP contribution is -2.52. The van der Waals surface area contributed by atoms with Crippen LogP contribution >= 0.6 is 0 Å². The topological polar surface area (TPSA) is 94.1 Å². The van der Waals surface area contributed by atoms with Gasteiger partial charge in [0.25, 0.3) is 0 Å². The number of piperazine rings is 1. The van der Waals surface area contributed by atoms with Gasteiger partial charge in [0, 0.05) is 55.4 Å². The van der Waals surface area contributed by atoms with Crippen LogP contribution in [0.5, 0.6) is 0 Å². The molecule has 2 aliphatic heterocycles. The molecule has 2 N–H and O–H groups in total. The van der Waals surface area contributed by atoms with Crippen molar-refractivity contribution in [1.82, 2.24) is 14.9 Å². The molecular weight excluding hydrogens is 468 g/mol. The maximum atomic E-state index is 13.2. The zero-order valence-corrected chi connectivity index (χ0v) is 23.3. The van der Waals surface area contributed by atoms with Gasteiger partial charge < -0.3 is 20.1 Å². The van der Waals surface area contributed by atoms with E-state index in [2.05, 4.69) is 41.2 Å². The molecule has 0 bridgehead atoms. The minimum atomic E-state index is -0.886. The van der Waals surface area contributed by atoms with E-state index in [4.69, 9.17) is 9.72 Å². The first kappa shape index (κ1) is 27.3. The van der Waals surface area contributed by atoms with Crippen LogP contribution in [-0.4, -0.2) is 70.1 Å². The smallest absolute Gasteiger partial charge is 0.238 e. The van der Waals surface area contributed by atoms with E-state index in [1.165, 1.54) is 0 Å². The van der Waals surface area contributed by atoms with Crippen LogP contribution < -0.4 is 15.1 Å². The number of fused-ring (bicyclic) bond motifs is 1. The number of nitrogens with zero attached hydrogens (tertiary/aromatic N) is 5. The van der Waals surface area contributed by atoms with Crippen LogP contribution in [0.1, 0.15) is 66.9 Å². The average Bonchev–Trinajstić information content (AvgIpc) is 3.05. The Balaban J connectivity index is 1.42. The molecule has 2 aliphatic rings. The highest BCUT2D eigenvalue weighted by Crippen LogP contribution is 2.42. The van der Waals surface area contributed by atoms with Crippen LogP contribution in [0.15, 0.2) is 30.5 Å². The number of aliphatic hydroxyl groups is 1. The minimum absolute atomic E-state index is 0.0876. The number of hydrogen-bond acceptors (Lipinski definition) is 8. The minimum Gasteiger partial charge on any atom is -0.369 e. The Kier molecular flexibility index (Phi) is 7.78. The standard InChI is InChI=1S/C28H42N6O3/c1-8-20(9-2)34-23-22(28(6,7)24(34)35)18-29-25(31-23)30-19-10-12-21(13-11-19)32-14-16-33(17-15-32)26(36)37-27(3,4)5/h10-13,18,20,26,36H,8-9,14-17H2,1-7H3,(H,29,30,31). The van der Waals surface area contributed by atoms with E-state index < -0.39 is 11.8 Å². The first-order chi connectivity index (χ1) is 17.4. The summed E-state index contributed by atoms with van der Waals surface area (Å²) in [6.45, 7) is 17.0. The van der Waals surface area contributed by atoms with Crippen molar-refractivity contribution < 1.29 is 14.6 Å². The Morgan fingerprint density at radius 3 is 2.27 bits per heavy atom. The molecule has 9 nitrogen and oxygen atoms in total. The predicted octanol–water partition coefficient (Wildman–Crippen LogP) is 4.25. The number of aromatic nitrogens is 2. The van der Waals surface area contributed by atoms with E-state index in [9.17, 15) is 9.90 Å². The second-order valence-corrected chi connectivity index (χ2v) is 11.5. The van der Waals surface area contributed by atoms with Gasteiger partial charge >= 0.3 is 0 Å². The number of benzene rings is 1. The van der Waals surface area contributed by atoms with Gasteiger partial charge in [0.1, 0.15) is 5.82 Å². The second kappa shape index (κ2) is 10.6. The fourth-order valence-corrected chi connectivity index (χ4v) is 5.04. The van der Waals surface area contributed by atoms with Crippen LogP contribution in [-0.2, 0) is 14.9 Å². The average molecular weight is 511 g/mol. The van der Waals surface area contributed by atoms with Crippen LogP contribution in [0.3, 0.4) is 0 Å². The van der Waals surface area contributed by atoms with Gasteiger partial charge in [0.2, 0.25) is 18.3 Å². The Morgan fingerprint density at radius 2 is 1.70 bits per heavy atom. The molecule has 1 fully saturated rings. The lowest BCUT2D eigenvalue weighted by molar-refractivity contribution is -0.239. The molecule has 1 aromatic heterocycles. The molecule has 1 unspecified atom stereocenters. The van der Waals surface area contributed by atoms with Gasteiger partial charge in [0.05, 0.1) is 11.0 Å². The van der Waals surface area contributed by atoms with E-state index in [0.29, 0.717) is 11.8 Å². The Bertz CT molecular complexity index is 1090. The molecule has 0 saturated carbocycles. The van der Waals surface area contributed by atoms with E-state index in [1.54, 1.807) is 6.20 Å². The van der Waals surface area contributed by atoms with E-state index in [0.717, 1.165) is 56.0 Å². The summed E-state index contributed by atoms with van der Waals surface area (Å²) in [5.41, 5.74) is 1.87. The number of carbonyl (C=O) groups excluding carboxylic acids is 1. The summed E-state index contributed by atoms with van der Waals surface area (Å²) < 4.78 is 5.69. The number of amides is 1. The Hall–Kier alpha value is -2.75. The molecule has 1 amide bonds. The molecule has 9 heteroatoms. The van der Waals surface area contributed by atoms with E-state index in [1.807, 2.05) is 56.6 Å². The molecule has 1 aromatic carbocycles. The normalized spacial score (nSPS) is 18.9. The fraction of sp³-hybridized carbons (Fsp3) is 0.607. The second-order valence-electron chi connectivity index (χ2n) is 11.5. The quantitative estimate of drug-likeness (QED) is 0.509. The van der Waals surface area contributed by atoms with Crippen molar-refractivity contribution in [2.45, 2.75) is 84.8 Å². The molecule has 37 heavy (non-hydrogen) atoms. The lowest BCUT2D eigenvalue weighted by Gasteiger charge is -2.39. The molecular formula is C28H42N6O3. The van der Waals surface area contributed by atoms with Crippen molar-refractivity contribution in [2.24, 2.45) is 0 Å². The molecule has 1 saturated heterocycles. The Labute approximate surface area is 220 Å². The number of anilines is 4. The number of hydrogen-bond donors (Lipinski definition) is 2. The summed E-state index contributed by atoms with van der Waals surface area (Å²) in [7, 11) is 0. The first-order valence-corrected chi connectivity index (χ1v) is 13.4. The number of aliphatic hydroxyl groups excluding tert-OH is 1. The van der Waals surface area contributed by atoms with Crippen molar-refractivity contribution in [3.8, 4) is 0 Å². The lowest BCUT2D eigenvalue weighted by atomic mass is 9.88. The Morgan fingerprint density at radius 1 is 1.08 bits per heavy atom. The molecule has 3 heterocycles. The van der Waals surface area contributed by atoms with Crippen LogP contribution in [0.25, 0.3) is 0 Å². The first-order valence-electron chi connectivity index (χ1n) is 13.4. The van der Waals surface area contributed by atoms with Crippen LogP contribution in [0.2, 0.25) is 0 Å². The van der Waals surface area contributed by atoms with Gasteiger partial charge in [-0.15, -0.1) is 0 Å². The maximum Gasteiger partial charge on any atom is 0.238 e. The van der Waals surface area contributed by atoms with Gasteiger partial charge in [-0.2, -0.15) is 4.98 Å². The van der Waals surface area contributed by atoms with Crippen LogP contribution in [0.4, 0.5) is 23.1 Å². The molecule has 0 radical (unpaired) electrons. The summed E-state index contributed by atoms with van der Waals surface area (Å²) in [5.74, 6) is 1.28. The van der Waals surface area contributed by atoms with E-state index >= 15 is 0 Å². The summed E-state index contributed by atoms with van der Waals surface area (Å²) in [6.07, 6.45) is 2.66. The largest absolute Gasteiger partial charge is 0.369 e. The summed E-state index contributed by atoms with van der Waals surface area (Å²) in [4.78, 5) is 28.7. The van der Waals surface area contributed by atoms with Crippen molar-refractivity contribution in [1.29, 1.82) is 0 Å². The summed E-state index contributed by atoms with van der Waals surface area (Å²) in [6, 6.07) is 8.32. The fourth-order valence-electron chi connectivity index (χ4n) is 5.04. The van der Waals surface area contributed by atoms with Gasteiger partial charge in [-0.1, -0.05) is 13.8 Å². The molecule has 0 spiro atoms. The van der Waals surface area contributed by atoms with Crippen molar-refractivity contribution in [3.63, 3.8) is 0 Å². The summed E-state index contributed by atoms with van der Waals surface area (Å²) in [5, 5.41) is 13.7. The zero-order valence-electron chi connectivity index (χ0n) is 23.3. The maximum absolute atomic E-state index is 13.2. The summed E-state index contributed by atoms with van der Waals surface area (Å²) >= 11 is 0. The van der Waals surface area contributed by atoms with Crippen molar-refractivity contribution in [3.05, 3.63) is 36.0 Å².